The minimum absolute atomic E-state index is 0. The summed E-state index contributed by atoms with van der Waals surface area (Å²) < 4.78 is 75.6. The van der Waals surface area contributed by atoms with Crippen LogP contribution in [0.4, 0.5) is 26.3 Å². The maximum absolute atomic E-state index is 12.7. The van der Waals surface area contributed by atoms with E-state index in [-0.39, 0.29) is 48.7 Å². The smallest absolute Gasteiger partial charge is 0.357 e. The van der Waals surface area contributed by atoms with Crippen molar-refractivity contribution in [2.24, 2.45) is 4.99 Å². The Bertz CT molecular complexity index is 767. The summed E-state index contributed by atoms with van der Waals surface area (Å²) in [5, 5.41) is 6.06. The molecule has 0 amide bonds. The van der Waals surface area contributed by atoms with Gasteiger partial charge in [-0.2, -0.15) is 26.3 Å². The summed E-state index contributed by atoms with van der Waals surface area (Å²) in [6.07, 6.45) is -8.11. The van der Waals surface area contributed by atoms with E-state index in [0.29, 0.717) is 25.5 Å². The maximum Gasteiger partial charge on any atom is 0.416 e. The minimum atomic E-state index is -4.43. The van der Waals surface area contributed by atoms with Gasteiger partial charge in [-0.15, -0.1) is 24.0 Å². The summed E-state index contributed by atoms with van der Waals surface area (Å²) in [6.45, 7) is 2.07. The number of benzene rings is 1. The predicted molar refractivity (Wildman–Crippen MR) is 114 cm³/mol. The Labute approximate surface area is 188 Å². The number of guanidine groups is 1. The van der Waals surface area contributed by atoms with Gasteiger partial charge in [0.2, 0.25) is 0 Å². The first-order chi connectivity index (χ1) is 13.6. The SMILES string of the molecule is CCNC(=NCC#Cc1cccc(C(F)(F)F)c1)NC1CCN(CC(F)(F)F)C1.I. The van der Waals surface area contributed by atoms with Gasteiger partial charge in [0.05, 0.1) is 12.1 Å². The lowest BCUT2D eigenvalue weighted by molar-refractivity contribution is -0.143. The quantitative estimate of drug-likeness (QED) is 0.198. The summed E-state index contributed by atoms with van der Waals surface area (Å²) in [4.78, 5) is 5.55. The average Bonchev–Trinajstić information content (AvgIpc) is 3.03. The Morgan fingerprint density at radius 1 is 1.23 bits per heavy atom. The average molecular weight is 548 g/mol. The molecular weight excluding hydrogens is 525 g/mol. The van der Waals surface area contributed by atoms with E-state index in [9.17, 15) is 26.3 Å². The first kappa shape index (κ1) is 26.4. The molecule has 4 nitrogen and oxygen atoms in total. The van der Waals surface area contributed by atoms with Crippen LogP contribution in [-0.4, -0.2) is 55.8 Å². The van der Waals surface area contributed by atoms with Gasteiger partial charge in [-0.1, -0.05) is 17.9 Å². The van der Waals surface area contributed by atoms with Gasteiger partial charge in [0.15, 0.2) is 5.96 Å². The number of alkyl halides is 6. The van der Waals surface area contributed by atoms with Crippen molar-refractivity contribution in [1.29, 1.82) is 0 Å². The zero-order valence-corrected chi connectivity index (χ0v) is 18.5. The van der Waals surface area contributed by atoms with E-state index in [4.69, 9.17) is 0 Å². The number of likely N-dealkylation sites (tertiary alicyclic amines) is 1. The zero-order valence-electron chi connectivity index (χ0n) is 16.2. The Morgan fingerprint density at radius 3 is 2.60 bits per heavy atom. The second-order valence-electron chi connectivity index (χ2n) is 6.56. The van der Waals surface area contributed by atoms with E-state index in [1.54, 1.807) is 0 Å². The molecule has 168 valence electrons. The zero-order chi connectivity index (χ0) is 21.5. The van der Waals surface area contributed by atoms with E-state index < -0.39 is 24.5 Å². The third-order valence-corrected chi connectivity index (χ3v) is 4.10. The summed E-state index contributed by atoms with van der Waals surface area (Å²) in [5.41, 5.74) is -0.543. The van der Waals surface area contributed by atoms with Gasteiger partial charge in [-0.3, -0.25) is 4.90 Å². The third kappa shape index (κ3) is 9.42. The summed E-state index contributed by atoms with van der Waals surface area (Å²) in [5.74, 6) is 5.73. The van der Waals surface area contributed by atoms with E-state index >= 15 is 0 Å². The van der Waals surface area contributed by atoms with Gasteiger partial charge >= 0.3 is 12.4 Å². The molecule has 1 heterocycles. The predicted octanol–water partition coefficient (Wildman–Crippen LogP) is 3.87. The van der Waals surface area contributed by atoms with Gasteiger partial charge in [-0.25, -0.2) is 4.99 Å². The van der Waals surface area contributed by atoms with Crippen LogP contribution < -0.4 is 10.6 Å². The highest BCUT2D eigenvalue weighted by molar-refractivity contribution is 14.0. The second kappa shape index (κ2) is 11.6. The normalized spacial score (nSPS) is 17.7. The summed E-state index contributed by atoms with van der Waals surface area (Å²) in [7, 11) is 0. The van der Waals surface area contributed by atoms with Crippen LogP contribution in [0.2, 0.25) is 0 Å². The number of hydrogen-bond acceptors (Lipinski definition) is 2. The fourth-order valence-corrected chi connectivity index (χ4v) is 2.89. The molecule has 11 heteroatoms. The Balaban J connectivity index is 0.00000450. The van der Waals surface area contributed by atoms with Crippen LogP contribution in [0.25, 0.3) is 0 Å². The molecule has 1 aromatic carbocycles. The van der Waals surface area contributed by atoms with E-state index in [1.165, 1.54) is 17.0 Å². The van der Waals surface area contributed by atoms with E-state index in [1.807, 2.05) is 6.92 Å². The first-order valence-electron chi connectivity index (χ1n) is 9.07. The number of nitrogens with zero attached hydrogens (tertiary/aromatic N) is 2. The molecule has 1 aliphatic rings. The molecule has 0 radical (unpaired) electrons. The molecule has 1 aliphatic heterocycles. The van der Waals surface area contributed by atoms with E-state index in [0.717, 1.165) is 12.1 Å². The number of nitrogens with one attached hydrogen (secondary N) is 2. The molecule has 0 aromatic heterocycles. The largest absolute Gasteiger partial charge is 0.416 e. The minimum Gasteiger partial charge on any atom is -0.357 e. The lowest BCUT2D eigenvalue weighted by Crippen LogP contribution is -2.45. The van der Waals surface area contributed by atoms with Crippen LogP contribution >= 0.6 is 24.0 Å². The van der Waals surface area contributed by atoms with Crippen LogP contribution in [-0.2, 0) is 6.18 Å². The lowest BCUT2D eigenvalue weighted by Gasteiger charge is -2.19. The highest BCUT2D eigenvalue weighted by Crippen LogP contribution is 2.29. The molecule has 1 fully saturated rings. The Kier molecular flexibility index (Phi) is 10.2. The number of rotatable bonds is 4. The van der Waals surface area contributed by atoms with Crippen molar-refractivity contribution in [3.05, 3.63) is 35.4 Å². The highest BCUT2D eigenvalue weighted by Gasteiger charge is 2.34. The molecule has 0 spiro atoms. The van der Waals surface area contributed by atoms with Crippen molar-refractivity contribution in [2.45, 2.75) is 31.7 Å². The molecule has 1 saturated heterocycles. The van der Waals surface area contributed by atoms with Gasteiger partial charge in [0.1, 0.15) is 6.54 Å². The van der Waals surface area contributed by atoms with Crippen LogP contribution in [0.5, 0.6) is 0 Å². The molecule has 1 aromatic rings. The lowest BCUT2D eigenvalue weighted by atomic mass is 10.1. The van der Waals surface area contributed by atoms with Crippen molar-refractivity contribution in [2.75, 3.05) is 32.7 Å². The number of hydrogen-bond donors (Lipinski definition) is 2. The van der Waals surface area contributed by atoms with Crippen LogP contribution in [0.15, 0.2) is 29.3 Å². The molecule has 30 heavy (non-hydrogen) atoms. The maximum atomic E-state index is 12.7. The molecule has 2 N–H and O–H groups in total. The first-order valence-corrected chi connectivity index (χ1v) is 9.07. The molecule has 0 bridgehead atoms. The second-order valence-corrected chi connectivity index (χ2v) is 6.56. The van der Waals surface area contributed by atoms with Gasteiger partial charge in [0.25, 0.3) is 0 Å². The molecular formula is C19H23F6IN4. The fourth-order valence-electron chi connectivity index (χ4n) is 2.89. The van der Waals surface area contributed by atoms with Crippen molar-refractivity contribution in [1.82, 2.24) is 15.5 Å². The Hall–Kier alpha value is -1.68. The number of aliphatic imine (C=N–C) groups is 1. The Morgan fingerprint density at radius 2 is 1.97 bits per heavy atom. The van der Waals surface area contributed by atoms with Gasteiger partial charge in [0, 0.05) is 31.2 Å². The van der Waals surface area contributed by atoms with Gasteiger partial charge < -0.3 is 10.6 Å². The highest BCUT2D eigenvalue weighted by atomic mass is 127. The van der Waals surface area contributed by atoms with Crippen LogP contribution in [0.3, 0.4) is 0 Å². The summed E-state index contributed by atoms with van der Waals surface area (Å²) in [6, 6.07) is 4.53. The standard InChI is InChI=1S/C19H22F6N4.HI/c1-2-26-17(28-16-8-10-29(12-16)13-18(20,21)22)27-9-4-6-14-5-3-7-15(11-14)19(23,24)25;/h3,5,7,11,16H,2,8-10,12-13H2,1H3,(H2,26,27,28);1H. The van der Waals surface area contributed by atoms with Crippen molar-refractivity contribution in [3.8, 4) is 11.8 Å². The topological polar surface area (TPSA) is 39.7 Å². The number of halogens is 7. The summed E-state index contributed by atoms with van der Waals surface area (Å²) >= 11 is 0. The van der Waals surface area contributed by atoms with Gasteiger partial charge in [-0.05, 0) is 31.5 Å². The van der Waals surface area contributed by atoms with Crippen LogP contribution in [0, 0.1) is 11.8 Å². The molecule has 2 rings (SSSR count). The van der Waals surface area contributed by atoms with Crippen molar-refractivity contribution >= 4 is 29.9 Å². The van der Waals surface area contributed by atoms with Crippen molar-refractivity contribution in [3.63, 3.8) is 0 Å². The van der Waals surface area contributed by atoms with E-state index in [2.05, 4.69) is 27.5 Å². The molecule has 0 saturated carbocycles. The fraction of sp³-hybridized carbons (Fsp3) is 0.526. The monoisotopic (exact) mass is 548 g/mol. The molecule has 0 aliphatic carbocycles. The molecule has 1 atom stereocenters. The van der Waals surface area contributed by atoms with Crippen molar-refractivity contribution < 1.29 is 26.3 Å². The third-order valence-electron chi connectivity index (χ3n) is 4.10. The molecule has 1 unspecified atom stereocenters. The van der Waals surface area contributed by atoms with Crippen LogP contribution in [0.1, 0.15) is 24.5 Å².